The molecule has 8 heteroatoms. The first-order chi connectivity index (χ1) is 13.1. The van der Waals surface area contributed by atoms with E-state index in [4.69, 9.17) is 10.8 Å². The lowest BCUT2D eigenvalue weighted by molar-refractivity contribution is -0.125. The van der Waals surface area contributed by atoms with Crippen molar-refractivity contribution in [1.82, 2.24) is 29.5 Å². The molecule has 142 valence electrons. The van der Waals surface area contributed by atoms with Gasteiger partial charge < -0.3 is 15.5 Å². The van der Waals surface area contributed by atoms with E-state index in [0.29, 0.717) is 24.9 Å². The molecule has 4 heterocycles. The van der Waals surface area contributed by atoms with Gasteiger partial charge in [0, 0.05) is 13.1 Å². The second kappa shape index (κ2) is 7.11. The van der Waals surface area contributed by atoms with Crippen molar-refractivity contribution >= 4 is 28.3 Å². The van der Waals surface area contributed by atoms with Crippen molar-refractivity contribution in [1.29, 1.82) is 0 Å². The number of nitrogen functional groups attached to an aromatic ring is 1. The zero-order valence-corrected chi connectivity index (χ0v) is 15.6. The molecule has 2 N–H and O–H groups in total. The Morgan fingerprint density at radius 2 is 2.07 bits per heavy atom. The van der Waals surface area contributed by atoms with Crippen LogP contribution < -0.4 is 5.73 Å². The Kier molecular flexibility index (Phi) is 4.65. The van der Waals surface area contributed by atoms with Crippen molar-refractivity contribution in [2.45, 2.75) is 25.3 Å². The molecule has 1 amide bonds. The maximum atomic E-state index is 12.1. The molecule has 0 radical (unpaired) electrons. The van der Waals surface area contributed by atoms with Gasteiger partial charge in [0.05, 0.1) is 11.4 Å². The number of carbonyl (C=O) groups is 1. The van der Waals surface area contributed by atoms with Crippen LogP contribution in [-0.2, 0) is 4.79 Å². The molecule has 0 spiro atoms. The summed E-state index contributed by atoms with van der Waals surface area (Å²) in [5, 5.41) is 5.71. The molecule has 2 aromatic rings. The molecular weight excluding hydrogens is 342 g/mol. The molecule has 2 aliphatic heterocycles. The lowest BCUT2D eigenvalue weighted by Crippen LogP contribution is -2.34. The van der Waals surface area contributed by atoms with E-state index in [1.807, 2.05) is 4.68 Å². The van der Waals surface area contributed by atoms with Crippen LogP contribution in [0.15, 0.2) is 25.1 Å². The Morgan fingerprint density at radius 1 is 1.30 bits per heavy atom. The molecule has 0 bridgehead atoms. The Balaban J connectivity index is 1.76. The van der Waals surface area contributed by atoms with Crippen LogP contribution in [0.4, 0.5) is 5.82 Å². The SMILES string of the molecule is C=CC(=O)N1CCC=C(c2nn(C3CCN(C)CC3)c3ncnc(N)c23)C1. The second-order valence-electron chi connectivity index (χ2n) is 7.27. The summed E-state index contributed by atoms with van der Waals surface area (Å²) >= 11 is 0. The predicted molar refractivity (Wildman–Crippen MR) is 105 cm³/mol. The molecule has 0 unspecified atom stereocenters. The maximum absolute atomic E-state index is 12.1. The topological polar surface area (TPSA) is 93.2 Å². The smallest absolute Gasteiger partial charge is 0.246 e. The second-order valence-corrected chi connectivity index (χ2v) is 7.27. The number of piperidine rings is 1. The standard InChI is InChI=1S/C19H25N7O/c1-3-15(27)25-8-4-5-13(11-25)17-16-18(20)21-12-22-19(16)26(23-17)14-6-9-24(2)10-7-14/h3,5,12,14H,1,4,6-11H2,2H3,(H2,20,21,22). The van der Waals surface area contributed by atoms with E-state index in [1.165, 1.54) is 12.4 Å². The minimum Gasteiger partial charge on any atom is -0.383 e. The molecule has 27 heavy (non-hydrogen) atoms. The largest absolute Gasteiger partial charge is 0.383 e. The summed E-state index contributed by atoms with van der Waals surface area (Å²) in [5.41, 5.74) is 8.78. The first-order valence-electron chi connectivity index (χ1n) is 9.36. The molecular formula is C19H25N7O. The Hall–Kier alpha value is -2.74. The van der Waals surface area contributed by atoms with Crippen LogP contribution in [0.5, 0.6) is 0 Å². The molecule has 1 fully saturated rings. The van der Waals surface area contributed by atoms with Crippen molar-refractivity contribution in [3.8, 4) is 0 Å². The summed E-state index contributed by atoms with van der Waals surface area (Å²) in [6, 6.07) is 0.293. The lowest BCUT2D eigenvalue weighted by atomic mass is 10.0. The van der Waals surface area contributed by atoms with E-state index in [-0.39, 0.29) is 5.91 Å². The number of carbonyl (C=O) groups excluding carboxylic acids is 1. The maximum Gasteiger partial charge on any atom is 0.246 e. The van der Waals surface area contributed by atoms with Gasteiger partial charge in [-0.05, 0) is 51.0 Å². The van der Waals surface area contributed by atoms with E-state index in [2.05, 4.69) is 34.6 Å². The monoisotopic (exact) mass is 367 g/mol. The van der Waals surface area contributed by atoms with Gasteiger partial charge in [0.2, 0.25) is 5.91 Å². The fraction of sp³-hybridized carbons (Fsp3) is 0.474. The molecule has 0 atom stereocenters. The molecule has 0 aromatic carbocycles. The van der Waals surface area contributed by atoms with E-state index in [9.17, 15) is 4.79 Å². The summed E-state index contributed by atoms with van der Waals surface area (Å²) in [4.78, 5) is 24.8. The van der Waals surface area contributed by atoms with Crippen LogP contribution in [0, 0.1) is 0 Å². The number of nitrogens with zero attached hydrogens (tertiary/aromatic N) is 6. The highest BCUT2D eigenvalue weighted by Gasteiger charge is 2.27. The normalized spacial score (nSPS) is 19.3. The zero-order valence-electron chi connectivity index (χ0n) is 15.6. The molecule has 1 saturated heterocycles. The predicted octanol–water partition coefficient (Wildman–Crippen LogP) is 1.48. The van der Waals surface area contributed by atoms with Gasteiger partial charge in [0.15, 0.2) is 5.65 Å². The van der Waals surface area contributed by atoms with Gasteiger partial charge in [-0.1, -0.05) is 12.7 Å². The first kappa shape index (κ1) is 17.7. The van der Waals surface area contributed by atoms with Gasteiger partial charge in [-0.2, -0.15) is 5.10 Å². The van der Waals surface area contributed by atoms with Crippen LogP contribution >= 0.6 is 0 Å². The van der Waals surface area contributed by atoms with Crippen LogP contribution in [0.3, 0.4) is 0 Å². The Labute approximate surface area is 158 Å². The molecule has 8 nitrogen and oxygen atoms in total. The van der Waals surface area contributed by atoms with E-state index in [0.717, 1.165) is 54.7 Å². The van der Waals surface area contributed by atoms with Gasteiger partial charge in [-0.25, -0.2) is 14.6 Å². The summed E-state index contributed by atoms with van der Waals surface area (Å²) in [6.45, 7) is 6.85. The highest BCUT2D eigenvalue weighted by Crippen LogP contribution is 2.33. The van der Waals surface area contributed by atoms with E-state index >= 15 is 0 Å². The van der Waals surface area contributed by atoms with Gasteiger partial charge in [0.25, 0.3) is 0 Å². The van der Waals surface area contributed by atoms with E-state index in [1.54, 1.807) is 4.90 Å². The highest BCUT2D eigenvalue weighted by atomic mass is 16.2. The third-order valence-electron chi connectivity index (χ3n) is 5.49. The molecule has 2 aromatic heterocycles. The quantitative estimate of drug-likeness (QED) is 0.826. The van der Waals surface area contributed by atoms with Gasteiger partial charge >= 0.3 is 0 Å². The minimum absolute atomic E-state index is 0.0659. The molecule has 4 rings (SSSR count). The van der Waals surface area contributed by atoms with Crippen molar-refractivity contribution in [2.24, 2.45) is 0 Å². The Morgan fingerprint density at radius 3 is 2.81 bits per heavy atom. The van der Waals surface area contributed by atoms with Gasteiger partial charge in [0.1, 0.15) is 17.8 Å². The van der Waals surface area contributed by atoms with Crippen LogP contribution in [0.25, 0.3) is 16.6 Å². The Bertz CT molecular complexity index is 908. The third kappa shape index (κ3) is 3.21. The zero-order chi connectivity index (χ0) is 19.0. The number of nitrogens with two attached hydrogens (primary N) is 1. The average molecular weight is 367 g/mol. The summed E-state index contributed by atoms with van der Waals surface area (Å²) in [7, 11) is 2.14. The number of anilines is 1. The van der Waals surface area contributed by atoms with Crippen molar-refractivity contribution in [3.05, 3.63) is 30.8 Å². The molecule has 0 saturated carbocycles. The highest BCUT2D eigenvalue weighted by molar-refractivity contribution is 5.97. The number of hydrogen-bond acceptors (Lipinski definition) is 6. The number of aromatic nitrogens is 4. The molecule has 0 aliphatic carbocycles. The number of hydrogen-bond donors (Lipinski definition) is 1. The number of likely N-dealkylation sites (tertiary alicyclic amines) is 1. The van der Waals surface area contributed by atoms with Crippen LogP contribution in [-0.4, -0.2) is 68.7 Å². The fourth-order valence-electron chi connectivity index (χ4n) is 3.95. The number of fused-ring (bicyclic) bond motifs is 1. The van der Waals surface area contributed by atoms with Crippen LogP contribution in [0.1, 0.15) is 31.0 Å². The average Bonchev–Trinajstić information content (AvgIpc) is 3.09. The van der Waals surface area contributed by atoms with Crippen molar-refractivity contribution in [3.63, 3.8) is 0 Å². The van der Waals surface area contributed by atoms with Gasteiger partial charge in [-0.3, -0.25) is 4.79 Å². The summed E-state index contributed by atoms with van der Waals surface area (Å²) in [5.74, 6) is 0.367. The van der Waals surface area contributed by atoms with Crippen molar-refractivity contribution in [2.75, 3.05) is 39.0 Å². The first-order valence-corrected chi connectivity index (χ1v) is 9.36. The lowest BCUT2D eigenvalue weighted by Gasteiger charge is -2.29. The fourth-order valence-corrected chi connectivity index (χ4v) is 3.95. The number of rotatable bonds is 3. The van der Waals surface area contributed by atoms with E-state index < -0.39 is 0 Å². The molecule has 2 aliphatic rings. The number of amides is 1. The summed E-state index contributed by atoms with van der Waals surface area (Å²) < 4.78 is 2.02. The van der Waals surface area contributed by atoms with Crippen molar-refractivity contribution < 1.29 is 4.79 Å². The summed E-state index contributed by atoms with van der Waals surface area (Å²) in [6.07, 6.45) is 7.83. The minimum atomic E-state index is -0.0659. The van der Waals surface area contributed by atoms with Gasteiger partial charge in [-0.15, -0.1) is 0 Å². The van der Waals surface area contributed by atoms with Crippen LogP contribution in [0.2, 0.25) is 0 Å². The third-order valence-corrected chi connectivity index (χ3v) is 5.49.